The quantitative estimate of drug-likeness (QED) is 0.806. The Morgan fingerprint density at radius 2 is 2.19 bits per heavy atom. The summed E-state index contributed by atoms with van der Waals surface area (Å²) in [4.78, 5) is 0. The molecule has 0 bridgehead atoms. The van der Waals surface area contributed by atoms with Crippen LogP contribution in [0.5, 0.6) is 0 Å². The zero-order valence-corrected chi connectivity index (χ0v) is 9.80. The van der Waals surface area contributed by atoms with Crippen molar-refractivity contribution < 1.29 is 12.8 Å². The molecule has 0 aromatic heterocycles. The standard InChI is InChI=1S/C10H15FN2O2S/c1-8(13-5-6-16(12,14)15)9-3-2-4-10(11)7-9/h2-4,7-8,13H,5-6H2,1H3,(H2,12,14,15)/t8-/m0/s1. The second-order valence-corrected chi connectivity index (χ2v) is 5.33. The van der Waals surface area contributed by atoms with Crippen molar-refractivity contribution in [2.24, 2.45) is 5.14 Å². The number of primary sulfonamides is 1. The molecule has 0 heterocycles. The van der Waals surface area contributed by atoms with Gasteiger partial charge in [-0.25, -0.2) is 17.9 Å². The molecule has 3 N–H and O–H groups in total. The van der Waals surface area contributed by atoms with Crippen molar-refractivity contribution in [3.8, 4) is 0 Å². The second kappa shape index (κ2) is 5.38. The van der Waals surface area contributed by atoms with Crippen LogP contribution in [0.3, 0.4) is 0 Å². The number of nitrogens with two attached hydrogens (primary N) is 1. The van der Waals surface area contributed by atoms with Crippen LogP contribution in [-0.4, -0.2) is 20.7 Å². The summed E-state index contributed by atoms with van der Waals surface area (Å²) in [5.74, 6) is -0.440. The average Bonchev–Trinajstić information content (AvgIpc) is 2.15. The Kier molecular flexibility index (Phi) is 4.40. The van der Waals surface area contributed by atoms with Crippen LogP contribution in [-0.2, 0) is 10.0 Å². The van der Waals surface area contributed by atoms with Crippen LogP contribution in [0, 0.1) is 5.82 Å². The van der Waals surface area contributed by atoms with Gasteiger partial charge in [0.05, 0.1) is 5.75 Å². The number of halogens is 1. The van der Waals surface area contributed by atoms with E-state index < -0.39 is 10.0 Å². The van der Waals surface area contributed by atoms with Crippen molar-refractivity contribution in [3.63, 3.8) is 0 Å². The van der Waals surface area contributed by atoms with E-state index in [0.29, 0.717) is 0 Å². The van der Waals surface area contributed by atoms with Gasteiger partial charge in [0.15, 0.2) is 0 Å². The normalized spacial score (nSPS) is 13.7. The third-order valence-electron chi connectivity index (χ3n) is 2.19. The number of hydrogen-bond donors (Lipinski definition) is 2. The molecule has 0 fully saturated rings. The van der Waals surface area contributed by atoms with Crippen LogP contribution in [0.1, 0.15) is 18.5 Å². The molecule has 0 radical (unpaired) electrons. The molecule has 0 unspecified atom stereocenters. The van der Waals surface area contributed by atoms with E-state index in [1.165, 1.54) is 12.1 Å². The van der Waals surface area contributed by atoms with E-state index in [-0.39, 0.29) is 24.2 Å². The Hall–Kier alpha value is -0.980. The van der Waals surface area contributed by atoms with Gasteiger partial charge in [-0.05, 0) is 24.6 Å². The van der Waals surface area contributed by atoms with Crippen LogP contribution in [0.25, 0.3) is 0 Å². The van der Waals surface area contributed by atoms with E-state index in [0.717, 1.165) is 5.56 Å². The first-order valence-electron chi connectivity index (χ1n) is 4.88. The highest BCUT2D eigenvalue weighted by Gasteiger charge is 2.07. The lowest BCUT2D eigenvalue weighted by molar-refractivity contribution is 0.567. The van der Waals surface area contributed by atoms with Crippen molar-refractivity contribution in [1.82, 2.24) is 5.32 Å². The van der Waals surface area contributed by atoms with Gasteiger partial charge in [0.2, 0.25) is 10.0 Å². The zero-order valence-electron chi connectivity index (χ0n) is 8.98. The number of sulfonamides is 1. The monoisotopic (exact) mass is 246 g/mol. The van der Waals surface area contributed by atoms with Gasteiger partial charge in [0, 0.05) is 12.6 Å². The van der Waals surface area contributed by atoms with Crippen LogP contribution in [0.4, 0.5) is 4.39 Å². The average molecular weight is 246 g/mol. The fourth-order valence-corrected chi connectivity index (χ4v) is 1.71. The summed E-state index contributed by atoms with van der Waals surface area (Å²) in [7, 11) is -3.45. The van der Waals surface area contributed by atoms with E-state index in [2.05, 4.69) is 5.32 Å². The molecule has 16 heavy (non-hydrogen) atoms. The molecule has 1 atom stereocenters. The molecule has 0 spiro atoms. The summed E-state index contributed by atoms with van der Waals surface area (Å²) in [6.45, 7) is 2.08. The summed E-state index contributed by atoms with van der Waals surface area (Å²) in [5, 5.41) is 7.81. The summed E-state index contributed by atoms with van der Waals surface area (Å²) in [5.41, 5.74) is 0.773. The smallest absolute Gasteiger partial charge is 0.210 e. The van der Waals surface area contributed by atoms with E-state index in [4.69, 9.17) is 5.14 Å². The van der Waals surface area contributed by atoms with E-state index in [1.807, 2.05) is 6.92 Å². The Labute approximate surface area is 94.7 Å². The van der Waals surface area contributed by atoms with Crippen molar-refractivity contribution in [2.45, 2.75) is 13.0 Å². The number of rotatable bonds is 5. The molecular formula is C10H15FN2O2S. The summed E-state index contributed by atoms with van der Waals surface area (Å²) < 4.78 is 34.3. The highest BCUT2D eigenvalue weighted by molar-refractivity contribution is 7.89. The van der Waals surface area contributed by atoms with Gasteiger partial charge in [0.25, 0.3) is 0 Å². The predicted octanol–water partition coefficient (Wildman–Crippen LogP) is 0.765. The summed E-state index contributed by atoms with van der Waals surface area (Å²) >= 11 is 0. The highest BCUT2D eigenvalue weighted by atomic mass is 32.2. The minimum atomic E-state index is -3.45. The molecule has 0 saturated heterocycles. The minimum absolute atomic E-state index is 0.113. The van der Waals surface area contributed by atoms with Crippen LogP contribution in [0.15, 0.2) is 24.3 Å². The first-order chi connectivity index (χ1) is 7.38. The van der Waals surface area contributed by atoms with Crippen molar-refractivity contribution in [3.05, 3.63) is 35.6 Å². The van der Waals surface area contributed by atoms with Crippen molar-refractivity contribution in [2.75, 3.05) is 12.3 Å². The molecule has 6 heteroatoms. The number of benzene rings is 1. The van der Waals surface area contributed by atoms with Crippen molar-refractivity contribution >= 4 is 10.0 Å². The van der Waals surface area contributed by atoms with Gasteiger partial charge in [-0.3, -0.25) is 0 Å². The fraction of sp³-hybridized carbons (Fsp3) is 0.400. The first kappa shape index (κ1) is 13.1. The lowest BCUT2D eigenvalue weighted by Crippen LogP contribution is -2.28. The third kappa shape index (κ3) is 4.69. The van der Waals surface area contributed by atoms with Gasteiger partial charge >= 0.3 is 0 Å². The predicted molar refractivity (Wildman–Crippen MR) is 60.8 cm³/mol. The first-order valence-corrected chi connectivity index (χ1v) is 6.59. The third-order valence-corrected chi connectivity index (χ3v) is 2.96. The molecule has 1 aromatic rings. The van der Waals surface area contributed by atoms with Crippen LogP contribution >= 0.6 is 0 Å². The zero-order chi connectivity index (χ0) is 12.2. The lowest BCUT2D eigenvalue weighted by Gasteiger charge is -2.13. The molecule has 0 saturated carbocycles. The van der Waals surface area contributed by atoms with Crippen molar-refractivity contribution in [1.29, 1.82) is 0 Å². The lowest BCUT2D eigenvalue weighted by atomic mass is 10.1. The summed E-state index contributed by atoms with van der Waals surface area (Å²) in [6.07, 6.45) is 0. The highest BCUT2D eigenvalue weighted by Crippen LogP contribution is 2.12. The van der Waals surface area contributed by atoms with E-state index in [9.17, 15) is 12.8 Å². The van der Waals surface area contributed by atoms with Gasteiger partial charge < -0.3 is 5.32 Å². The number of hydrogen-bond acceptors (Lipinski definition) is 3. The van der Waals surface area contributed by atoms with Gasteiger partial charge in [-0.1, -0.05) is 12.1 Å². The summed E-state index contributed by atoms with van der Waals surface area (Å²) in [6, 6.07) is 6.05. The van der Waals surface area contributed by atoms with Gasteiger partial charge in [-0.15, -0.1) is 0 Å². The molecule has 0 amide bonds. The molecule has 0 aliphatic rings. The van der Waals surface area contributed by atoms with Crippen LogP contribution < -0.4 is 10.5 Å². The van der Waals surface area contributed by atoms with E-state index in [1.54, 1.807) is 12.1 Å². The Morgan fingerprint density at radius 3 is 2.75 bits per heavy atom. The minimum Gasteiger partial charge on any atom is -0.309 e. The van der Waals surface area contributed by atoms with E-state index >= 15 is 0 Å². The second-order valence-electron chi connectivity index (χ2n) is 3.60. The Morgan fingerprint density at radius 1 is 1.50 bits per heavy atom. The SMILES string of the molecule is C[C@H](NCCS(N)(=O)=O)c1cccc(F)c1. The van der Waals surface area contributed by atoms with Gasteiger partial charge in [-0.2, -0.15) is 0 Å². The molecular weight excluding hydrogens is 231 g/mol. The Balaban J connectivity index is 2.50. The topological polar surface area (TPSA) is 72.2 Å². The number of nitrogens with one attached hydrogen (secondary N) is 1. The molecule has 4 nitrogen and oxygen atoms in total. The molecule has 0 aliphatic heterocycles. The van der Waals surface area contributed by atoms with Crippen LogP contribution in [0.2, 0.25) is 0 Å². The van der Waals surface area contributed by atoms with Gasteiger partial charge in [0.1, 0.15) is 5.82 Å². The maximum Gasteiger partial charge on any atom is 0.210 e. The maximum absolute atomic E-state index is 12.9. The maximum atomic E-state index is 12.9. The molecule has 0 aliphatic carbocycles. The molecule has 1 rings (SSSR count). The fourth-order valence-electron chi connectivity index (χ4n) is 1.31. The molecule has 90 valence electrons. The molecule has 1 aromatic carbocycles. The largest absolute Gasteiger partial charge is 0.309 e. The Bertz CT molecular complexity index is 448.